The van der Waals surface area contributed by atoms with Crippen molar-refractivity contribution in [1.29, 1.82) is 0 Å². The highest BCUT2D eigenvalue weighted by atomic mass is 32.1. The normalized spacial score (nSPS) is 11.2. The molecule has 4 aromatic rings. The second-order valence-electron chi connectivity index (χ2n) is 6.39. The monoisotopic (exact) mass is 401 g/mol. The number of rotatable bonds is 6. The number of fused-ring (bicyclic) bond motifs is 1. The maximum Gasteiger partial charge on any atom is 0.283 e. The van der Waals surface area contributed by atoms with Crippen LogP contribution in [-0.4, -0.2) is 22.5 Å². The van der Waals surface area contributed by atoms with Crippen molar-refractivity contribution in [3.8, 4) is 16.9 Å². The molecule has 0 aliphatic rings. The molecule has 5 nitrogen and oxygen atoms in total. The lowest BCUT2D eigenvalue weighted by atomic mass is 10.0. The fourth-order valence-electron chi connectivity index (χ4n) is 3.10. The Morgan fingerprint density at radius 3 is 2.83 bits per heavy atom. The molecule has 0 atom stereocenters. The van der Waals surface area contributed by atoms with Crippen LogP contribution in [0.5, 0.6) is 5.75 Å². The molecule has 0 saturated carbocycles. The zero-order valence-electron chi connectivity index (χ0n) is 15.9. The molecular formula is C23H19N3O2S. The number of aromatic nitrogens is 2. The Morgan fingerprint density at radius 1 is 1.21 bits per heavy atom. The van der Waals surface area contributed by atoms with Gasteiger partial charge in [-0.2, -0.15) is 9.78 Å². The van der Waals surface area contributed by atoms with Crippen LogP contribution in [0.1, 0.15) is 10.4 Å². The second kappa shape index (κ2) is 8.24. The molecule has 144 valence electrons. The molecule has 0 radical (unpaired) electrons. The van der Waals surface area contributed by atoms with Gasteiger partial charge in [0.05, 0.1) is 11.6 Å². The maximum absolute atomic E-state index is 13.1. The minimum absolute atomic E-state index is 0.187. The highest BCUT2D eigenvalue weighted by molar-refractivity contribution is 7.19. The van der Waals surface area contributed by atoms with Crippen LogP contribution >= 0.6 is 11.3 Å². The van der Waals surface area contributed by atoms with Crippen LogP contribution in [0, 0.1) is 6.92 Å². The highest BCUT2D eigenvalue weighted by Crippen LogP contribution is 2.35. The van der Waals surface area contributed by atoms with Gasteiger partial charge in [-0.25, -0.2) is 4.98 Å². The molecule has 2 aromatic heterocycles. The topological polar surface area (TPSA) is 56.5 Å². The summed E-state index contributed by atoms with van der Waals surface area (Å²) in [5.74, 6) is 0.717. The number of ether oxygens (including phenoxy) is 1. The number of nitrogens with zero attached hydrogens (tertiary/aromatic N) is 3. The first-order chi connectivity index (χ1) is 14.2. The second-order valence-corrected chi connectivity index (χ2v) is 7.59. The number of hydrogen-bond acceptors (Lipinski definition) is 5. The van der Waals surface area contributed by atoms with E-state index in [0.29, 0.717) is 12.0 Å². The molecule has 4 rings (SSSR count). The molecule has 0 spiro atoms. The summed E-state index contributed by atoms with van der Waals surface area (Å²) in [6.07, 6.45) is 4.77. The van der Waals surface area contributed by atoms with Crippen LogP contribution in [0.3, 0.4) is 0 Å². The summed E-state index contributed by atoms with van der Waals surface area (Å²) < 4.78 is 6.81. The van der Waals surface area contributed by atoms with Crippen molar-refractivity contribution in [1.82, 2.24) is 9.66 Å². The zero-order chi connectivity index (χ0) is 20.2. The Labute approximate surface area is 172 Å². The standard InChI is InChI=1S/C23H19N3O2S/c1-3-12-28-19-11-7-8-17(13-19)14-25-26-15-24-22-21(23(26)27)20(16(2)29-22)18-9-5-4-6-10-18/h3-11,13-15H,1,12H2,2H3/b25-14-. The van der Waals surface area contributed by atoms with Gasteiger partial charge < -0.3 is 4.74 Å². The first-order valence-electron chi connectivity index (χ1n) is 9.11. The van der Waals surface area contributed by atoms with E-state index in [0.717, 1.165) is 32.1 Å². The van der Waals surface area contributed by atoms with E-state index < -0.39 is 0 Å². The van der Waals surface area contributed by atoms with Crippen molar-refractivity contribution < 1.29 is 4.74 Å². The van der Waals surface area contributed by atoms with Gasteiger partial charge in [0, 0.05) is 10.4 Å². The van der Waals surface area contributed by atoms with Gasteiger partial charge in [-0.15, -0.1) is 11.3 Å². The van der Waals surface area contributed by atoms with Gasteiger partial charge >= 0.3 is 0 Å². The summed E-state index contributed by atoms with van der Waals surface area (Å²) in [5.41, 5.74) is 2.56. The van der Waals surface area contributed by atoms with Crippen molar-refractivity contribution in [3.63, 3.8) is 0 Å². The van der Waals surface area contributed by atoms with Crippen LogP contribution in [0.15, 0.2) is 83.5 Å². The Hall–Kier alpha value is -3.51. The van der Waals surface area contributed by atoms with E-state index in [1.807, 2.05) is 61.5 Å². The van der Waals surface area contributed by atoms with Gasteiger partial charge in [-0.1, -0.05) is 55.1 Å². The van der Waals surface area contributed by atoms with Crippen molar-refractivity contribution in [2.75, 3.05) is 6.61 Å². The summed E-state index contributed by atoms with van der Waals surface area (Å²) in [4.78, 5) is 19.4. The molecule has 0 saturated heterocycles. The van der Waals surface area contributed by atoms with E-state index in [1.54, 1.807) is 12.3 Å². The Bertz CT molecular complexity index is 1260. The Balaban J connectivity index is 1.74. The van der Waals surface area contributed by atoms with Crippen LogP contribution in [0.4, 0.5) is 0 Å². The van der Waals surface area contributed by atoms with Crippen LogP contribution in [-0.2, 0) is 0 Å². The highest BCUT2D eigenvalue weighted by Gasteiger charge is 2.16. The first-order valence-corrected chi connectivity index (χ1v) is 9.93. The van der Waals surface area contributed by atoms with E-state index in [4.69, 9.17) is 4.74 Å². The molecule has 2 heterocycles. The molecule has 0 bridgehead atoms. The summed E-state index contributed by atoms with van der Waals surface area (Å²) in [7, 11) is 0. The van der Waals surface area contributed by atoms with Crippen LogP contribution in [0.25, 0.3) is 21.3 Å². The SMILES string of the molecule is C=CCOc1cccc(/C=N\n2cnc3sc(C)c(-c4ccccc4)c3c2=O)c1. The first kappa shape index (κ1) is 18.8. The largest absolute Gasteiger partial charge is 0.490 e. The van der Waals surface area contributed by atoms with Crippen molar-refractivity contribution in [2.24, 2.45) is 5.10 Å². The summed E-state index contributed by atoms with van der Waals surface area (Å²) in [6, 6.07) is 17.4. The lowest BCUT2D eigenvalue weighted by Gasteiger charge is -2.04. The van der Waals surface area contributed by atoms with E-state index in [-0.39, 0.29) is 5.56 Å². The smallest absolute Gasteiger partial charge is 0.283 e. The molecule has 0 amide bonds. The van der Waals surface area contributed by atoms with Crippen molar-refractivity contribution in [2.45, 2.75) is 6.92 Å². The molecule has 2 aromatic carbocycles. The lowest BCUT2D eigenvalue weighted by Crippen LogP contribution is -2.16. The number of aryl methyl sites for hydroxylation is 1. The molecule has 0 aliphatic carbocycles. The average Bonchev–Trinajstić information content (AvgIpc) is 3.09. The van der Waals surface area contributed by atoms with Gasteiger partial charge in [0.25, 0.3) is 5.56 Å². The van der Waals surface area contributed by atoms with E-state index in [2.05, 4.69) is 16.7 Å². The number of hydrogen-bond donors (Lipinski definition) is 0. The minimum atomic E-state index is -0.187. The van der Waals surface area contributed by atoms with Crippen LogP contribution < -0.4 is 10.3 Å². The lowest BCUT2D eigenvalue weighted by molar-refractivity contribution is 0.363. The fraction of sp³-hybridized carbons (Fsp3) is 0.0870. The average molecular weight is 401 g/mol. The van der Waals surface area contributed by atoms with Gasteiger partial charge in [0.1, 0.15) is 23.5 Å². The van der Waals surface area contributed by atoms with Gasteiger partial charge in [-0.3, -0.25) is 4.79 Å². The predicted molar refractivity (Wildman–Crippen MR) is 119 cm³/mol. The molecule has 29 heavy (non-hydrogen) atoms. The molecular weight excluding hydrogens is 382 g/mol. The van der Waals surface area contributed by atoms with Gasteiger partial charge in [0.15, 0.2) is 0 Å². The summed E-state index contributed by atoms with van der Waals surface area (Å²) in [5, 5.41) is 4.94. The minimum Gasteiger partial charge on any atom is -0.490 e. The number of thiophene rings is 1. The molecule has 0 aliphatic heterocycles. The van der Waals surface area contributed by atoms with E-state index >= 15 is 0 Å². The quantitative estimate of drug-likeness (QED) is 0.342. The third-order valence-electron chi connectivity index (χ3n) is 4.39. The summed E-state index contributed by atoms with van der Waals surface area (Å²) in [6.45, 7) is 6.09. The summed E-state index contributed by atoms with van der Waals surface area (Å²) >= 11 is 1.52. The van der Waals surface area contributed by atoms with Gasteiger partial charge in [0.2, 0.25) is 0 Å². The van der Waals surface area contributed by atoms with Gasteiger partial charge in [-0.05, 0) is 30.2 Å². The third kappa shape index (κ3) is 3.88. The van der Waals surface area contributed by atoms with Crippen molar-refractivity contribution in [3.05, 3.63) is 94.4 Å². The molecule has 0 fully saturated rings. The maximum atomic E-state index is 13.1. The van der Waals surface area contributed by atoms with Crippen molar-refractivity contribution >= 4 is 27.8 Å². The molecule has 6 heteroatoms. The van der Waals surface area contributed by atoms with E-state index in [9.17, 15) is 4.79 Å². The molecule has 0 N–H and O–H groups in total. The predicted octanol–water partition coefficient (Wildman–Crippen LogP) is 4.88. The van der Waals surface area contributed by atoms with Crippen LogP contribution in [0.2, 0.25) is 0 Å². The zero-order valence-corrected chi connectivity index (χ0v) is 16.7. The van der Waals surface area contributed by atoms with E-state index in [1.165, 1.54) is 22.3 Å². The Kier molecular flexibility index (Phi) is 5.35. The molecule has 0 unspecified atom stereocenters. The number of benzene rings is 2. The fourth-order valence-corrected chi connectivity index (χ4v) is 4.10. The third-order valence-corrected chi connectivity index (χ3v) is 5.40. The Morgan fingerprint density at radius 2 is 2.03 bits per heavy atom.